The van der Waals surface area contributed by atoms with Crippen LogP contribution < -0.4 is 10.1 Å². The van der Waals surface area contributed by atoms with Crippen molar-refractivity contribution in [1.82, 2.24) is 10.3 Å². The van der Waals surface area contributed by atoms with Crippen LogP contribution in [0.15, 0.2) is 54.2 Å². The van der Waals surface area contributed by atoms with E-state index in [4.69, 9.17) is 4.74 Å². The van der Waals surface area contributed by atoms with Gasteiger partial charge in [-0.3, -0.25) is 9.78 Å². The predicted octanol–water partition coefficient (Wildman–Crippen LogP) is 3.11. The summed E-state index contributed by atoms with van der Waals surface area (Å²) in [5.41, 5.74) is 0.669. The first-order valence-electron chi connectivity index (χ1n) is 6.61. The molecule has 2 aromatic heterocycles. The first kappa shape index (κ1) is 13.6. The molecule has 21 heavy (non-hydrogen) atoms. The van der Waals surface area contributed by atoms with Crippen LogP contribution in [0.5, 0.6) is 5.75 Å². The molecule has 0 saturated heterocycles. The molecule has 0 atom stereocenters. The lowest BCUT2D eigenvalue weighted by molar-refractivity contribution is 0.0947. The highest BCUT2D eigenvalue weighted by Gasteiger charge is 2.06. The van der Waals surface area contributed by atoms with E-state index in [2.05, 4.69) is 10.3 Å². The molecule has 0 aliphatic rings. The first-order valence-corrected chi connectivity index (χ1v) is 7.49. The van der Waals surface area contributed by atoms with Crippen molar-refractivity contribution in [2.24, 2.45) is 0 Å². The highest BCUT2D eigenvalue weighted by atomic mass is 32.1. The van der Waals surface area contributed by atoms with Gasteiger partial charge in [-0.1, -0.05) is 0 Å². The number of pyridine rings is 1. The van der Waals surface area contributed by atoms with Crippen LogP contribution >= 0.6 is 11.3 Å². The van der Waals surface area contributed by atoms with Crippen molar-refractivity contribution in [1.29, 1.82) is 0 Å². The molecule has 3 rings (SSSR count). The zero-order valence-electron chi connectivity index (χ0n) is 11.3. The van der Waals surface area contributed by atoms with Gasteiger partial charge in [0.15, 0.2) is 0 Å². The summed E-state index contributed by atoms with van der Waals surface area (Å²) in [6, 6.07) is 11.4. The Labute approximate surface area is 126 Å². The number of carbonyl (C=O) groups excluding carboxylic acids is 1. The van der Waals surface area contributed by atoms with Crippen molar-refractivity contribution in [3.05, 3.63) is 59.7 Å². The number of nitrogens with one attached hydrogen (secondary N) is 1. The van der Waals surface area contributed by atoms with Gasteiger partial charge in [-0.05, 0) is 47.2 Å². The maximum Gasteiger partial charge on any atom is 0.251 e. The number of fused-ring (bicyclic) bond motifs is 1. The summed E-state index contributed by atoms with van der Waals surface area (Å²) in [6.07, 6.45) is 3.33. The number of amides is 1. The number of ether oxygens (including phenoxy) is 1. The summed E-state index contributed by atoms with van der Waals surface area (Å²) in [6.45, 7) is 0.869. The van der Waals surface area contributed by atoms with Crippen LogP contribution in [0, 0.1) is 0 Å². The number of rotatable bonds is 5. The van der Waals surface area contributed by atoms with Crippen molar-refractivity contribution in [2.75, 3.05) is 13.2 Å². The lowest BCUT2D eigenvalue weighted by Crippen LogP contribution is -2.28. The van der Waals surface area contributed by atoms with Crippen LogP contribution in [-0.4, -0.2) is 24.0 Å². The van der Waals surface area contributed by atoms with E-state index in [0.29, 0.717) is 24.5 Å². The van der Waals surface area contributed by atoms with Gasteiger partial charge in [0.2, 0.25) is 0 Å². The van der Waals surface area contributed by atoms with Crippen LogP contribution in [0.3, 0.4) is 0 Å². The molecule has 0 unspecified atom stereocenters. The van der Waals surface area contributed by atoms with E-state index >= 15 is 0 Å². The molecule has 1 amide bonds. The Morgan fingerprint density at radius 1 is 1.29 bits per heavy atom. The second-order valence-corrected chi connectivity index (χ2v) is 5.41. The average Bonchev–Trinajstić information content (AvgIpc) is 3.00. The second kappa shape index (κ2) is 6.37. The van der Waals surface area contributed by atoms with Gasteiger partial charge >= 0.3 is 0 Å². The van der Waals surface area contributed by atoms with E-state index in [9.17, 15) is 4.79 Å². The van der Waals surface area contributed by atoms with Gasteiger partial charge in [-0.2, -0.15) is 0 Å². The summed E-state index contributed by atoms with van der Waals surface area (Å²) in [7, 11) is 0. The lowest BCUT2D eigenvalue weighted by atomic mass is 10.1. The minimum absolute atomic E-state index is 0.0853. The van der Waals surface area contributed by atoms with E-state index in [-0.39, 0.29) is 5.91 Å². The van der Waals surface area contributed by atoms with Crippen molar-refractivity contribution < 1.29 is 9.53 Å². The average molecular weight is 298 g/mol. The molecule has 1 N–H and O–H groups in total. The number of benzene rings is 1. The molecule has 3 aromatic rings. The molecule has 0 aliphatic heterocycles. The number of hydrogen-bond donors (Lipinski definition) is 1. The topological polar surface area (TPSA) is 51.2 Å². The van der Waals surface area contributed by atoms with Crippen LogP contribution in [0.4, 0.5) is 0 Å². The molecule has 0 saturated carbocycles. The van der Waals surface area contributed by atoms with Gasteiger partial charge in [0.1, 0.15) is 12.4 Å². The quantitative estimate of drug-likeness (QED) is 0.736. The number of aromatic nitrogens is 1. The molecule has 1 aromatic carbocycles. The fourth-order valence-corrected chi connectivity index (χ4v) is 2.75. The number of hydrogen-bond acceptors (Lipinski definition) is 4. The Balaban J connectivity index is 1.52. The Morgan fingerprint density at radius 3 is 3.10 bits per heavy atom. The smallest absolute Gasteiger partial charge is 0.251 e. The molecule has 0 spiro atoms. The predicted molar refractivity (Wildman–Crippen MR) is 83.9 cm³/mol. The summed E-state index contributed by atoms with van der Waals surface area (Å²) in [4.78, 5) is 16.0. The monoisotopic (exact) mass is 298 g/mol. The summed E-state index contributed by atoms with van der Waals surface area (Å²) in [5.74, 6) is 0.615. The summed E-state index contributed by atoms with van der Waals surface area (Å²) < 4.78 is 6.66. The van der Waals surface area contributed by atoms with Gasteiger partial charge in [0.05, 0.1) is 12.7 Å². The molecular weight excluding hydrogens is 284 g/mol. The van der Waals surface area contributed by atoms with Crippen LogP contribution in [-0.2, 0) is 0 Å². The molecule has 5 heteroatoms. The maximum absolute atomic E-state index is 12.0. The van der Waals surface area contributed by atoms with Crippen LogP contribution in [0.2, 0.25) is 0 Å². The van der Waals surface area contributed by atoms with Gasteiger partial charge in [-0.25, -0.2) is 0 Å². The van der Waals surface area contributed by atoms with Crippen molar-refractivity contribution in [3.8, 4) is 5.75 Å². The van der Waals surface area contributed by atoms with E-state index < -0.39 is 0 Å². The minimum Gasteiger partial charge on any atom is -0.490 e. The van der Waals surface area contributed by atoms with Gasteiger partial charge in [-0.15, -0.1) is 11.3 Å². The first-order chi connectivity index (χ1) is 10.3. The molecule has 0 aliphatic carbocycles. The Bertz CT molecular complexity index is 740. The van der Waals surface area contributed by atoms with Crippen LogP contribution in [0.1, 0.15) is 10.4 Å². The van der Waals surface area contributed by atoms with E-state index in [1.807, 2.05) is 41.8 Å². The SMILES string of the molecule is O=C(NCCOc1cccnc1)c1ccc2sccc2c1. The summed E-state index contributed by atoms with van der Waals surface area (Å²) in [5, 5.41) is 5.96. The standard InChI is InChI=1S/C16H14N2O2S/c19-16(13-3-4-15-12(10-13)5-9-21-15)18-7-8-20-14-2-1-6-17-11-14/h1-6,9-11H,7-8H2,(H,18,19). The Kier molecular flexibility index (Phi) is 4.12. The van der Waals surface area contributed by atoms with Gasteiger partial charge in [0, 0.05) is 16.5 Å². The third kappa shape index (κ3) is 3.38. The third-order valence-corrected chi connectivity index (χ3v) is 3.90. The van der Waals surface area contributed by atoms with Gasteiger partial charge < -0.3 is 10.1 Å². The highest BCUT2D eigenvalue weighted by molar-refractivity contribution is 7.17. The van der Waals surface area contributed by atoms with Crippen molar-refractivity contribution >= 4 is 27.3 Å². The Hall–Kier alpha value is -2.40. The van der Waals surface area contributed by atoms with E-state index in [0.717, 1.165) is 5.39 Å². The largest absolute Gasteiger partial charge is 0.490 e. The normalized spacial score (nSPS) is 10.5. The molecule has 0 radical (unpaired) electrons. The molecule has 4 nitrogen and oxygen atoms in total. The molecular formula is C16H14N2O2S. The van der Waals surface area contributed by atoms with Gasteiger partial charge in [0.25, 0.3) is 5.91 Å². The maximum atomic E-state index is 12.0. The summed E-state index contributed by atoms with van der Waals surface area (Å²) >= 11 is 1.67. The fourth-order valence-electron chi connectivity index (χ4n) is 1.98. The third-order valence-electron chi connectivity index (χ3n) is 3.01. The molecule has 106 valence electrons. The Morgan fingerprint density at radius 2 is 2.24 bits per heavy atom. The zero-order chi connectivity index (χ0) is 14.5. The number of nitrogens with zero attached hydrogens (tertiary/aromatic N) is 1. The van der Waals surface area contributed by atoms with E-state index in [1.54, 1.807) is 23.7 Å². The fraction of sp³-hybridized carbons (Fsp3) is 0.125. The molecule has 2 heterocycles. The van der Waals surface area contributed by atoms with Crippen molar-refractivity contribution in [3.63, 3.8) is 0 Å². The second-order valence-electron chi connectivity index (χ2n) is 4.47. The van der Waals surface area contributed by atoms with E-state index in [1.165, 1.54) is 4.70 Å². The number of carbonyl (C=O) groups is 1. The molecule has 0 fully saturated rings. The highest BCUT2D eigenvalue weighted by Crippen LogP contribution is 2.21. The van der Waals surface area contributed by atoms with Crippen LogP contribution in [0.25, 0.3) is 10.1 Å². The zero-order valence-corrected chi connectivity index (χ0v) is 12.1. The minimum atomic E-state index is -0.0853. The number of thiophene rings is 1. The molecule has 0 bridgehead atoms. The van der Waals surface area contributed by atoms with Crippen molar-refractivity contribution in [2.45, 2.75) is 0 Å². The lowest BCUT2D eigenvalue weighted by Gasteiger charge is -2.07.